The molecular weight excluding hydrogens is 644 g/mol. The number of methoxy groups -OCH3 is 1. The topological polar surface area (TPSA) is 172 Å². The van der Waals surface area contributed by atoms with E-state index in [-0.39, 0.29) is 60.6 Å². The van der Waals surface area contributed by atoms with Gasteiger partial charge in [0, 0.05) is 19.2 Å². The number of esters is 2. The van der Waals surface area contributed by atoms with Crippen molar-refractivity contribution in [2.75, 3.05) is 33.5 Å². The maximum atomic E-state index is 12.0. The molecule has 266 valence electrons. The Morgan fingerprint density at radius 1 is 0.520 bits per heavy atom. The molecule has 0 aliphatic rings. The Balaban J connectivity index is 0.000000383. The van der Waals surface area contributed by atoms with Gasteiger partial charge in [0.2, 0.25) is 0 Å². The Morgan fingerprint density at radius 2 is 0.960 bits per heavy atom. The van der Waals surface area contributed by atoms with Crippen molar-refractivity contribution in [3.05, 3.63) is 107 Å². The van der Waals surface area contributed by atoms with Gasteiger partial charge in [-0.05, 0) is 70.8 Å². The molecule has 5 N–H and O–H groups in total. The smallest absolute Gasteiger partial charge is 0.311 e. The second kappa shape index (κ2) is 22.7. The summed E-state index contributed by atoms with van der Waals surface area (Å²) in [5, 5.41) is 46.9. The van der Waals surface area contributed by atoms with E-state index in [1.165, 1.54) is 18.2 Å². The highest BCUT2D eigenvalue weighted by Gasteiger charge is 2.11. The molecule has 0 aromatic heterocycles. The van der Waals surface area contributed by atoms with Gasteiger partial charge in [-0.15, -0.1) is 0 Å². The lowest BCUT2D eigenvalue weighted by Crippen LogP contribution is -2.15. The first kappa shape index (κ1) is 40.4. The molecule has 0 saturated carbocycles. The molecule has 4 aromatic rings. The number of phenols is 5. The Hall–Kier alpha value is -5.78. The van der Waals surface area contributed by atoms with Gasteiger partial charge >= 0.3 is 11.9 Å². The number of rotatable bonds is 14. The van der Waals surface area contributed by atoms with Crippen LogP contribution in [0.3, 0.4) is 0 Å². The van der Waals surface area contributed by atoms with E-state index in [9.17, 15) is 30.0 Å². The third kappa shape index (κ3) is 16.9. The Morgan fingerprint density at radius 3 is 1.48 bits per heavy atom. The van der Waals surface area contributed by atoms with Crippen LogP contribution in [0.4, 0.5) is 0 Å². The molecule has 0 fully saturated rings. The number of aromatic hydroxyl groups is 5. The predicted octanol–water partition coefficient (Wildman–Crippen LogP) is 7.16. The molecule has 11 nitrogen and oxygen atoms in total. The van der Waals surface area contributed by atoms with Gasteiger partial charge in [-0.25, -0.2) is 0 Å². The van der Waals surface area contributed by atoms with Crippen LogP contribution in [0.15, 0.2) is 84.9 Å². The molecule has 0 heterocycles. The number of carbonyl (C=O) groups excluding carboxylic acids is 2. The zero-order chi connectivity index (χ0) is 36.7. The van der Waals surface area contributed by atoms with Gasteiger partial charge in [-0.2, -0.15) is 0 Å². The molecule has 50 heavy (non-hydrogen) atoms. The van der Waals surface area contributed by atoms with Crippen LogP contribution >= 0.6 is 0 Å². The minimum absolute atomic E-state index is 0.0235. The molecular formula is C39H44O11. The quantitative estimate of drug-likeness (QED) is 0.0394. The molecule has 0 amide bonds. The number of ether oxygens (including phenoxy) is 4. The third-order valence-corrected chi connectivity index (χ3v) is 6.25. The number of benzene rings is 4. The van der Waals surface area contributed by atoms with Crippen molar-refractivity contribution in [1.82, 2.24) is 0 Å². The van der Waals surface area contributed by atoms with Gasteiger partial charge in [0.1, 0.15) is 41.1 Å². The molecule has 0 spiro atoms. The Kier molecular flexibility index (Phi) is 18.4. The lowest BCUT2D eigenvalue weighted by Gasteiger charge is -2.07. The molecule has 0 bridgehead atoms. The van der Waals surface area contributed by atoms with Crippen molar-refractivity contribution in [3.63, 3.8) is 0 Å². The van der Waals surface area contributed by atoms with Gasteiger partial charge in [-0.1, -0.05) is 62.4 Å². The van der Waals surface area contributed by atoms with Gasteiger partial charge < -0.3 is 44.5 Å². The van der Waals surface area contributed by atoms with Crippen LogP contribution < -0.4 is 4.74 Å². The van der Waals surface area contributed by atoms with Gasteiger partial charge in [0.15, 0.2) is 0 Å². The van der Waals surface area contributed by atoms with E-state index in [0.717, 1.165) is 11.1 Å². The van der Waals surface area contributed by atoms with E-state index in [0.29, 0.717) is 24.3 Å². The van der Waals surface area contributed by atoms with E-state index in [2.05, 4.69) is 0 Å². The summed E-state index contributed by atoms with van der Waals surface area (Å²) in [6.45, 7) is 5.23. The van der Waals surface area contributed by atoms with E-state index in [1.807, 2.05) is 19.9 Å². The molecule has 0 unspecified atom stereocenters. The van der Waals surface area contributed by atoms with E-state index in [1.54, 1.807) is 92.1 Å². The average Bonchev–Trinajstić information content (AvgIpc) is 3.09. The lowest BCUT2D eigenvalue weighted by molar-refractivity contribution is -0.148. The highest BCUT2D eigenvalue weighted by Crippen LogP contribution is 2.25. The maximum Gasteiger partial charge on any atom is 0.311 e. The van der Waals surface area contributed by atoms with Crippen LogP contribution in [0.2, 0.25) is 0 Å². The third-order valence-electron chi connectivity index (χ3n) is 6.25. The number of carbonyl (C=O) groups is 2. The van der Waals surface area contributed by atoms with Gasteiger partial charge in [0.05, 0.1) is 32.7 Å². The second-order valence-electron chi connectivity index (χ2n) is 10.2. The normalized spacial score (nSPS) is 10.5. The molecule has 0 radical (unpaired) electrons. The summed E-state index contributed by atoms with van der Waals surface area (Å²) in [6, 6.07) is 22.1. The van der Waals surface area contributed by atoms with Gasteiger partial charge in [-0.3, -0.25) is 9.59 Å². The average molecular weight is 689 g/mol. The Labute approximate surface area is 291 Å². The summed E-state index contributed by atoms with van der Waals surface area (Å²) in [5.41, 5.74) is 3.09. The molecule has 4 aromatic carbocycles. The minimum atomic E-state index is -0.618. The largest absolute Gasteiger partial charge is 0.508 e. The summed E-state index contributed by atoms with van der Waals surface area (Å²) in [4.78, 5) is 23.7. The zero-order valence-electron chi connectivity index (χ0n) is 28.3. The van der Waals surface area contributed by atoms with E-state index < -0.39 is 11.9 Å². The Bertz CT molecular complexity index is 1640. The first-order valence-electron chi connectivity index (χ1n) is 15.8. The summed E-state index contributed by atoms with van der Waals surface area (Å²) >= 11 is 0. The highest BCUT2D eigenvalue weighted by molar-refractivity contribution is 5.79. The lowest BCUT2D eigenvalue weighted by atomic mass is 10.1. The number of hydrogen-bond donors (Lipinski definition) is 5. The van der Waals surface area contributed by atoms with Crippen LogP contribution in [-0.2, 0) is 23.8 Å². The fourth-order valence-corrected chi connectivity index (χ4v) is 3.95. The van der Waals surface area contributed by atoms with Crippen molar-refractivity contribution < 1.29 is 54.1 Å². The fourth-order valence-electron chi connectivity index (χ4n) is 3.95. The van der Waals surface area contributed by atoms with Crippen LogP contribution in [0.5, 0.6) is 34.5 Å². The monoisotopic (exact) mass is 688 g/mol. The van der Waals surface area contributed by atoms with Crippen LogP contribution in [-0.4, -0.2) is 71.0 Å². The minimum Gasteiger partial charge on any atom is -0.508 e. The first-order chi connectivity index (χ1) is 24.1. The summed E-state index contributed by atoms with van der Waals surface area (Å²) in [6.07, 6.45) is 6.84. The number of hydrogen-bond acceptors (Lipinski definition) is 11. The van der Waals surface area contributed by atoms with Crippen molar-refractivity contribution >= 4 is 36.2 Å². The predicted molar refractivity (Wildman–Crippen MR) is 192 cm³/mol. The summed E-state index contributed by atoms with van der Waals surface area (Å²) < 4.78 is 20.2. The van der Waals surface area contributed by atoms with Crippen LogP contribution in [0, 0.1) is 0 Å². The summed E-state index contributed by atoms with van der Waals surface area (Å²) in [7, 11) is 1.56. The standard InChI is InChI=1S/C23H26O8.C14H12O3.C2H6/c1-28-10-11-29-12-13-30-22(26)8-9-23(27)31-21-15-18(14-20(25)16-21)3-2-17-4-6-19(24)7-5-17;15-12-5-3-10(4-6-12)1-2-11-7-13(16)9-14(17)8-11;1-2/h2-7,14-16,24-25H,8-13H2,1H3;1-9,15-17H;1-2H3/b3-2+;2-1+;. The molecule has 0 saturated heterocycles. The fraction of sp³-hybridized carbons (Fsp3) is 0.231. The van der Waals surface area contributed by atoms with Crippen molar-refractivity contribution in [2.45, 2.75) is 26.7 Å². The second-order valence-corrected chi connectivity index (χ2v) is 10.2. The maximum absolute atomic E-state index is 12.0. The highest BCUT2D eigenvalue weighted by atomic mass is 16.6. The molecule has 0 atom stereocenters. The van der Waals surface area contributed by atoms with Crippen molar-refractivity contribution in [2.24, 2.45) is 0 Å². The molecule has 0 aliphatic carbocycles. The number of phenolic OH excluding ortho intramolecular Hbond substituents is 5. The van der Waals surface area contributed by atoms with E-state index in [4.69, 9.17) is 24.1 Å². The van der Waals surface area contributed by atoms with Crippen molar-refractivity contribution in [3.8, 4) is 34.5 Å². The molecule has 11 heteroatoms. The molecule has 0 aliphatic heterocycles. The van der Waals surface area contributed by atoms with Crippen LogP contribution in [0.25, 0.3) is 24.3 Å². The van der Waals surface area contributed by atoms with E-state index >= 15 is 0 Å². The van der Waals surface area contributed by atoms with Gasteiger partial charge in [0.25, 0.3) is 0 Å². The SMILES string of the molecule is CC.COCCOCCOC(=O)CCC(=O)Oc1cc(O)cc(/C=C/c2ccc(O)cc2)c1.Oc1ccc(/C=C/c2cc(O)cc(O)c2)cc1. The van der Waals surface area contributed by atoms with Crippen molar-refractivity contribution in [1.29, 1.82) is 0 Å². The zero-order valence-corrected chi connectivity index (χ0v) is 28.3. The van der Waals surface area contributed by atoms with Crippen LogP contribution in [0.1, 0.15) is 48.9 Å². The summed E-state index contributed by atoms with van der Waals surface area (Å²) in [5.74, 6) is -0.613. The first-order valence-corrected chi connectivity index (χ1v) is 15.8. The molecule has 4 rings (SSSR count).